The van der Waals surface area contributed by atoms with E-state index >= 15 is 0 Å². The highest BCUT2D eigenvalue weighted by molar-refractivity contribution is 5.76. The Kier molecular flexibility index (Phi) is 46.6. The van der Waals surface area contributed by atoms with Crippen molar-refractivity contribution in [1.29, 1.82) is 0 Å². The van der Waals surface area contributed by atoms with Crippen LogP contribution in [0, 0.1) is 0 Å². The normalized spacial score (nSPS) is 12.8. The van der Waals surface area contributed by atoms with Crippen LogP contribution >= 0.6 is 0 Å². The molecule has 3 N–H and O–H groups in total. The Hall–Kier alpha value is -1.66. The number of carbonyl (C=O) groups excluding carboxylic acids is 2. The zero-order chi connectivity index (χ0) is 42.3. The summed E-state index contributed by atoms with van der Waals surface area (Å²) in [6.07, 6.45) is 55.8. The van der Waals surface area contributed by atoms with E-state index in [9.17, 15) is 19.8 Å². The lowest BCUT2D eigenvalue weighted by atomic mass is 10.0. The monoisotopic (exact) mass is 818 g/mol. The van der Waals surface area contributed by atoms with Crippen molar-refractivity contribution in [2.75, 3.05) is 13.2 Å². The number of carbonyl (C=O) groups is 2. The summed E-state index contributed by atoms with van der Waals surface area (Å²) >= 11 is 0. The lowest BCUT2D eigenvalue weighted by Crippen LogP contribution is -2.45. The summed E-state index contributed by atoms with van der Waals surface area (Å²) in [6, 6.07) is -0.542. The second-order valence-corrected chi connectivity index (χ2v) is 17.5. The molecule has 0 aromatic carbocycles. The van der Waals surface area contributed by atoms with Gasteiger partial charge in [-0.25, -0.2) is 0 Å². The average Bonchev–Trinajstić information content (AvgIpc) is 3.22. The van der Waals surface area contributed by atoms with Crippen molar-refractivity contribution in [1.82, 2.24) is 5.32 Å². The molecule has 0 aliphatic carbocycles. The van der Waals surface area contributed by atoms with Gasteiger partial charge in [-0.05, 0) is 51.4 Å². The summed E-state index contributed by atoms with van der Waals surface area (Å²) in [5.41, 5.74) is 0. The molecule has 0 fully saturated rings. The van der Waals surface area contributed by atoms with E-state index in [1.165, 1.54) is 186 Å². The molecule has 0 heterocycles. The van der Waals surface area contributed by atoms with Crippen LogP contribution in [-0.4, -0.2) is 47.4 Å². The maximum atomic E-state index is 12.4. The van der Waals surface area contributed by atoms with E-state index in [0.29, 0.717) is 25.9 Å². The zero-order valence-corrected chi connectivity index (χ0v) is 38.8. The standard InChI is InChI=1S/C52H99NO5/c1-3-5-7-9-11-13-15-22-26-30-34-38-42-46-52(57)58-47-43-39-35-31-27-24-21-19-17-16-18-20-23-25-29-33-37-41-45-51(56)53-49(48-54)50(55)44-40-36-32-28-14-12-10-8-6-4-2/h7,9,13,15,49-50,54-55H,3-6,8,10-12,14,16-48H2,1-2H3,(H,53,56)/b9-7-,15-13-. The van der Waals surface area contributed by atoms with Crippen molar-refractivity contribution in [2.45, 2.75) is 283 Å². The van der Waals surface area contributed by atoms with Crippen LogP contribution in [0.5, 0.6) is 0 Å². The van der Waals surface area contributed by atoms with Gasteiger partial charge in [0.1, 0.15) is 0 Å². The van der Waals surface area contributed by atoms with Gasteiger partial charge in [-0.1, -0.05) is 231 Å². The molecule has 0 aromatic heterocycles. The minimum absolute atomic E-state index is 0.00846. The molecule has 0 aromatic rings. The average molecular weight is 818 g/mol. The first kappa shape index (κ1) is 56.3. The largest absolute Gasteiger partial charge is 0.466 e. The molecule has 58 heavy (non-hydrogen) atoms. The number of aliphatic hydroxyl groups excluding tert-OH is 2. The molecule has 0 bridgehead atoms. The van der Waals surface area contributed by atoms with Crippen molar-refractivity contribution in [3.8, 4) is 0 Å². The number of hydrogen-bond donors (Lipinski definition) is 3. The number of esters is 1. The van der Waals surface area contributed by atoms with Crippen molar-refractivity contribution in [2.24, 2.45) is 0 Å². The first-order valence-corrected chi connectivity index (χ1v) is 25.6. The topological polar surface area (TPSA) is 95.9 Å². The van der Waals surface area contributed by atoms with Crippen LogP contribution in [0.4, 0.5) is 0 Å². The van der Waals surface area contributed by atoms with E-state index < -0.39 is 12.1 Å². The third kappa shape index (κ3) is 43.9. The second-order valence-electron chi connectivity index (χ2n) is 17.5. The number of rotatable bonds is 47. The summed E-state index contributed by atoms with van der Waals surface area (Å²) in [4.78, 5) is 24.4. The molecule has 6 heteroatoms. The van der Waals surface area contributed by atoms with Gasteiger partial charge in [-0.3, -0.25) is 9.59 Å². The first-order valence-electron chi connectivity index (χ1n) is 25.6. The van der Waals surface area contributed by atoms with Crippen LogP contribution in [0.15, 0.2) is 24.3 Å². The van der Waals surface area contributed by atoms with E-state index in [4.69, 9.17) is 4.74 Å². The number of aliphatic hydroxyl groups is 2. The number of unbranched alkanes of at least 4 members (excludes halogenated alkanes) is 32. The number of nitrogens with one attached hydrogen (secondary N) is 1. The van der Waals surface area contributed by atoms with E-state index in [0.717, 1.165) is 51.4 Å². The number of hydrogen-bond acceptors (Lipinski definition) is 5. The molecule has 0 aliphatic heterocycles. The van der Waals surface area contributed by atoms with Gasteiger partial charge in [-0.2, -0.15) is 0 Å². The first-order chi connectivity index (χ1) is 28.5. The molecule has 0 radical (unpaired) electrons. The minimum atomic E-state index is -0.665. The maximum absolute atomic E-state index is 12.4. The minimum Gasteiger partial charge on any atom is -0.466 e. The van der Waals surface area contributed by atoms with E-state index in [2.05, 4.69) is 43.5 Å². The van der Waals surface area contributed by atoms with Gasteiger partial charge in [0.2, 0.25) is 5.91 Å². The van der Waals surface area contributed by atoms with Crippen LogP contribution in [0.2, 0.25) is 0 Å². The van der Waals surface area contributed by atoms with Gasteiger partial charge < -0.3 is 20.3 Å². The van der Waals surface area contributed by atoms with Gasteiger partial charge in [-0.15, -0.1) is 0 Å². The predicted molar refractivity (Wildman–Crippen MR) is 250 cm³/mol. The molecule has 2 unspecified atom stereocenters. The predicted octanol–water partition coefficient (Wildman–Crippen LogP) is 15.1. The molecule has 6 nitrogen and oxygen atoms in total. The Balaban J connectivity index is 3.40. The highest BCUT2D eigenvalue weighted by Crippen LogP contribution is 2.16. The van der Waals surface area contributed by atoms with Gasteiger partial charge >= 0.3 is 5.97 Å². The van der Waals surface area contributed by atoms with Crippen LogP contribution in [-0.2, 0) is 14.3 Å². The molecule has 0 saturated heterocycles. The molecule has 0 rings (SSSR count). The summed E-state index contributed by atoms with van der Waals surface area (Å²) in [5.74, 6) is -0.0497. The van der Waals surface area contributed by atoms with Crippen LogP contribution in [0.1, 0.15) is 271 Å². The number of ether oxygens (including phenoxy) is 1. The van der Waals surface area contributed by atoms with Gasteiger partial charge in [0, 0.05) is 12.8 Å². The highest BCUT2D eigenvalue weighted by Gasteiger charge is 2.20. The molecule has 0 aliphatic rings. The van der Waals surface area contributed by atoms with E-state index in [1.807, 2.05) is 0 Å². The zero-order valence-electron chi connectivity index (χ0n) is 38.8. The van der Waals surface area contributed by atoms with Crippen molar-refractivity contribution < 1.29 is 24.5 Å². The second kappa shape index (κ2) is 48.0. The summed E-state index contributed by atoms with van der Waals surface area (Å²) in [6.45, 7) is 4.86. The third-order valence-corrected chi connectivity index (χ3v) is 11.7. The fraction of sp³-hybridized carbons (Fsp3) is 0.885. The molecule has 1 amide bonds. The van der Waals surface area contributed by atoms with Crippen LogP contribution in [0.3, 0.4) is 0 Å². The van der Waals surface area contributed by atoms with E-state index in [-0.39, 0.29) is 18.5 Å². The van der Waals surface area contributed by atoms with Gasteiger partial charge in [0.25, 0.3) is 0 Å². The molecular formula is C52H99NO5. The van der Waals surface area contributed by atoms with Gasteiger partial charge in [0.15, 0.2) is 0 Å². The Morgan fingerprint density at radius 1 is 0.483 bits per heavy atom. The summed E-state index contributed by atoms with van der Waals surface area (Å²) in [5, 5.41) is 23.1. The third-order valence-electron chi connectivity index (χ3n) is 11.7. The number of amides is 1. The summed E-state index contributed by atoms with van der Waals surface area (Å²) < 4.78 is 5.45. The molecular weight excluding hydrogens is 719 g/mol. The smallest absolute Gasteiger partial charge is 0.305 e. The van der Waals surface area contributed by atoms with Gasteiger partial charge in [0.05, 0.1) is 25.4 Å². The van der Waals surface area contributed by atoms with Crippen molar-refractivity contribution >= 4 is 11.9 Å². The Morgan fingerprint density at radius 3 is 1.38 bits per heavy atom. The fourth-order valence-electron chi connectivity index (χ4n) is 7.79. The lowest BCUT2D eigenvalue weighted by molar-refractivity contribution is -0.143. The Labute approximate surface area is 361 Å². The number of allylic oxidation sites excluding steroid dienone is 4. The van der Waals surface area contributed by atoms with Crippen molar-refractivity contribution in [3.63, 3.8) is 0 Å². The molecule has 0 saturated carbocycles. The van der Waals surface area contributed by atoms with Crippen LogP contribution in [0.25, 0.3) is 0 Å². The molecule has 2 atom stereocenters. The quantitative estimate of drug-likeness (QED) is 0.0323. The molecule has 342 valence electrons. The van der Waals surface area contributed by atoms with Crippen LogP contribution < -0.4 is 5.32 Å². The highest BCUT2D eigenvalue weighted by atomic mass is 16.5. The molecule has 0 spiro atoms. The van der Waals surface area contributed by atoms with Crippen molar-refractivity contribution in [3.05, 3.63) is 24.3 Å². The maximum Gasteiger partial charge on any atom is 0.305 e. The lowest BCUT2D eigenvalue weighted by Gasteiger charge is -2.22. The SMILES string of the molecule is CCC/C=C\C/C=C\CCCCCCCC(=O)OCCCCCCCCCCCCCCCCCCCCC(=O)NC(CO)C(O)CCCCCCCCCCCC. The Morgan fingerprint density at radius 2 is 0.897 bits per heavy atom. The summed E-state index contributed by atoms with van der Waals surface area (Å²) in [7, 11) is 0. The van der Waals surface area contributed by atoms with E-state index in [1.54, 1.807) is 0 Å². The fourth-order valence-corrected chi connectivity index (χ4v) is 7.79. The Bertz CT molecular complexity index is 904.